The molecule has 0 radical (unpaired) electrons. The van der Waals surface area contributed by atoms with Gasteiger partial charge in [0.15, 0.2) is 0 Å². The molecule has 0 spiro atoms. The topological polar surface area (TPSA) is 30.5 Å². The number of ether oxygens (including phenoxy) is 2. The summed E-state index contributed by atoms with van der Waals surface area (Å²) in [5, 5.41) is 3.54. The maximum atomic E-state index is 5.59. The summed E-state index contributed by atoms with van der Waals surface area (Å²) in [7, 11) is 1.79. The third-order valence-electron chi connectivity index (χ3n) is 3.37. The summed E-state index contributed by atoms with van der Waals surface area (Å²) in [6.07, 6.45) is 2.41. The van der Waals surface area contributed by atoms with Gasteiger partial charge < -0.3 is 14.8 Å². The van der Waals surface area contributed by atoms with E-state index >= 15 is 0 Å². The minimum absolute atomic E-state index is 0.124. The SMILES string of the molecule is CCNC(C1CCCOC1)C(C)(C)OC. The average molecular weight is 215 g/mol. The van der Waals surface area contributed by atoms with Gasteiger partial charge >= 0.3 is 0 Å². The molecular weight excluding hydrogens is 190 g/mol. The van der Waals surface area contributed by atoms with Crippen LogP contribution in [0.1, 0.15) is 33.6 Å². The molecule has 0 saturated carbocycles. The second-order valence-corrected chi connectivity index (χ2v) is 4.82. The molecule has 1 aliphatic rings. The summed E-state index contributed by atoms with van der Waals surface area (Å²) in [6.45, 7) is 9.20. The molecule has 3 nitrogen and oxygen atoms in total. The van der Waals surface area contributed by atoms with Gasteiger partial charge in [0.05, 0.1) is 12.2 Å². The van der Waals surface area contributed by atoms with Gasteiger partial charge in [-0.15, -0.1) is 0 Å². The van der Waals surface area contributed by atoms with Gasteiger partial charge in [-0.2, -0.15) is 0 Å². The van der Waals surface area contributed by atoms with Gasteiger partial charge in [-0.1, -0.05) is 6.92 Å². The summed E-state index contributed by atoms with van der Waals surface area (Å²) in [4.78, 5) is 0. The summed E-state index contributed by atoms with van der Waals surface area (Å²) in [6, 6.07) is 0.382. The monoisotopic (exact) mass is 215 g/mol. The standard InChI is InChI=1S/C12H25NO2/c1-5-13-11(12(2,3)14-4)10-7-6-8-15-9-10/h10-11,13H,5-9H2,1-4H3. The summed E-state index contributed by atoms with van der Waals surface area (Å²) in [5.74, 6) is 0.577. The Morgan fingerprint density at radius 2 is 2.27 bits per heavy atom. The molecular formula is C12H25NO2. The zero-order chi connectivity index (χ0) is 11.3. The lowest BCUT2D eigenvalue weighted by atomic mass is 9.83. The largest absolute Gasteiger partial charge is 0.381 e. The van der Waals surface area contributed by atoms with Gasteiger partial charge in [0.2, 0.25) is 0 Å². The molecule has 1 saturated heterocycles. The van der Waals surface area contributed by atoms with Crippen molar-refractivity contribution in [1.82, 2.24) is 5.32 Å². The molecule has 0 aromatic carbocycles. The van der Waals surface area contributed by atoms with E-state index in [2.05, 4.69) is 26.1 Å². The number of likely N-dealkylation sites (N-methyl/N-ethyl adjacent to an activating group) is 1. The van der Waals surface area contributed by atoms with Crippen LogP contribution in [0.5, 0.6) is 0 Å². The summed E-state index contributed by atoms with van der Waals surface area (Å²) >= 11 is 0. The number of methoxy groups -OCH3 is 1. The maximum absolute atomic E-state index is 5.59. The Morgan fingerprint density at radius 3 is 2.73 bits per heavy atom. The molecule has 2 atom stereocenters. The van der Waals surface area contributed by atoms with Crippen LogP contribution in [-0.4, -0.2) is 38.5 Å². The van der Waals surface area contributed by atoms with Crippen molar-refractivity contribution >= 4 is 0 Å². The van der Waals surface area contributed by atoms with Gasteiger partial charge in [-0.25, -0.2) is 0 Å². The average Bonchev–Trinajstić information content (AvgIpc) is 2.27. The molecule has 90 valence electrons. The van der Waals surface area contributed by atoms with Crippen LogP contribution in [-0.2, 0) is 9.47 Å². The summed E-state index contributed by atoms with van der Waals surface area (Å²) < 4.78 is 11.1. The lowest BCUT2D eigenvalue weighted by Crippen LogP contribution is -2.54. The summed E-state index contributed by atoms with van der Waals surface area (Å²) in [5.41, 5.74) is -0.124. The minimum atomic E-state index is -0.124. The molecule has 1 N–H and O–H groups in total. The van der Waals surface area contributed by atoms with E-state index in [1.807, 2.05) is 0 Å². The van der Waals surface area contributed by atoms with E-state index in [4.69, 9.17) is 9.47 Å². The Kier molecular flexibility index (Phi) is 5.03. The molecule has 0 aromatic rings. The number of nitrogens with one attached hydrogen (secondary N) is 1. The van der Waals surface area contributed by atoms with Gasteiger partial charge in [0.25, 0.3) is 0 Å². The minimum Gasteiger partial charge on any atom is -0.381 e. The van der Waals surface area contributed by atoms with Crippen LogP contribution in [0.2, 0.25) is 0 Å². The Bertz CT molecular complexity index is 176. The molecule has 1 fully saturated rings. The Hall–Kier alpha value is -0.120. The van der Waals surface area contributed by atoms with Crippen molar-refractivity contribution in [3.8, 4) is 0 Å². The predicted octanol–water partition coefficient (Wildman–Crippen LogP) is 1.82. The first kappa shape index (κ1) is 12.9. The molecule has 0 aromatic heterocycles. The fourth-order valence-electron chi connectivity index (χ4n) is 2.36. The molecule has 1 aliphatic heterocycles. The van der Waals surface area contributed by atoms with E-state index in [1.54, 1.807) is 7.11 Å². The van der Waals surface area contributed by atoms with Gasteiger partial charge in [0, 0.05) is 25.7 Å². The lowest BCUT2D eigenvalue weighted by Gasteiger charge is -2.40. The number of hydrogen-bond donors (Lipinski definition) is 1. The third-order valence-corrected chi connectivity index (χ3v) is 3.37. The Morgan fingerprint density at radius 1 is 1.53 bits per heavy atom. The van der Waals surface area contributed by atoms with Crippen LogP contribution in [0.25, 0.3) is 0 Å². The van der Waals surface area contributed by atoms with Crippen LogP contribution in [0.4, 0.5) is 0 Å². The molecule has 1 rings (SSSR count). The van der Waals surface area contributed by atoms with Crippen LogP contribution >= 0.6 is 0 Å². The van der Waals surface area contributed by atoms with Crippen molar-refractivity contribution in [3.05, 3.63) is 0 Å². The van der Waals surface area contributed by atoms with Crippen LogP contribution < -0.4 is 5.32 Å². The number of rotatable bonds is 5. The van der Waals surface area contributed by atoms with Crippen LogP contribution in [0.3, 0.4) is 0 Å². The molecule has 15 heavy (non-hydrogen) atoms. The Balaban J connectivity index is 2.62. The smallest absolute Gasteiger partial charge is 0.0778 e. The molecule has 0 amide bonds. The van der Waals surface area contributed by atoms with E-state index in [1.165, 1.54) is 12.8 Å². The molecule has 2 unspecified atom stereocenters. The van der Waals surface area contributed by atoms with Gasteiger partial charge in [-0.05, 0) is 33.2 Å². The molecule has 0 aliphatic carbocycles. The van der Waals surface area contributed by atoms with E-state index in [0.717, 1.165) is 19.8 Å². The van der Waals surface area contributed by atoms with E-state index in [0.29, 0.717) is 12.0 Å². The third kappa shape index (κ3) is 3.44. The fourth-order valence-corrected chi connectivity index (χ4v) is 2.36. The van der Waals surface area contributed by atoms with Crippen molar-refractivity contribution < 1.29 is 9.47 Å². The van der Waals surface area contributed by atoms with E-state index in [-0.39, 0.29) is 5.60 Å². The quantitative estimate of drug-likeness (QED) is 0.759. The van der Waals surface area contributed by atoms with Crippen LogP contribution in [0, 0.1) is 5.92 Å². The zero-order valence-electron chi connectivity index (χ0n) is 10.5. The highest BCUT2D eigenvalue weighted by atomic mass is 16.5. The number of hydrogen-bond acceptors (Lipinski definition) is 3. The first-order valence-corrected chi connectivity index (χ1v) is 5.98. The first-order chi connectivity index (χ1) is 7.11. The van der Waals surface area contributed by atoms with Crippen molar-refractivity contribution in [2.75, 3.05) is 26.9 Å². The molecule has 3 heteroatoms. The van der Waals surface area contributed by atoms with Crippen LogP contribution in [0.15, 0.2) is 0 Å². The second-order valence-electron chi connectivity index (χ2n) is 4.82. The van der Waals surface area contributed by atoms with E-state index in [9.17, 15) is 0 Å². The van der Waals surface area contributed by atoms with Crippen molar-refractivity contribution in [2.24, 2.45) is 5.92 Å². The van der Waals surface area contributed by atoms with E-state index < -0.39 is 0 Å². The highest BCUT2D eigenvalue weighted by Gasteiger charge is 2.35. The fraction of sp³-hybridized carbons (Fsp3) is 1.00. The maximum Gasteiger partial charge on any atom is 0.0778 e. The normalized spacial score (nSPS) is 25.2. The second kappa shape index (κ2) is 5.83. The van der Waals surface area contributed by atoms with Crippen molar-refractivity contribution in [1.29, 1.82) is 0 Å². The highest BCUT2D eigenvalue weighted by molar-refractivity contribution is 4.91. The van der Waals surface area contributed by atoms with Gasteiger partial charge in [-0.3, -0.25) is 0 Å². The van der Waals surface area contributed by atoms with Gasteiger partial charge in [0.1, 0.15) is 0 Å². The zero-order valence-corrected chi connectivity index (χ0v) is 10.5. The Labute approximate surface area is 93.5 Å². The first-order valence-electron chi connectivity index (χ1n) is 5.98. The highest BCUT2D eigenvalue weighted by Crippen LogP contribution is 2.26. The predicted molar refractivity (Wildman–Crippen MR) is 62.1 cm³/mol. The molecule has 1 heterocycles. The molecule has 0 bridgehead atoms. The lowest BCUT2D eigenvalue weighted by molar-refractivity contribution is -0.0559. The van der Waals surface area contributed by atoms with Crippen molar-refractivity contribution in [2.45, 2.75) is 45.3 Å². The van der Waals surface area contributed by atoms with Crippen molar-refractivity contribution in [3.63, 3.8) is 0 Å².